The summed E-state index contributed by atoms with van der Waals surface area (Å²) in [6, 6.07) is 10.2. The first-order chi connectivity index (χ1) is 10.4. The number of nitrogens with zero attached hydrogens (tertiary/aromatic N) is 3. The number of benzene rings is 1. The number of imidazole rings is 1. The third-order valence-electron chi connectivity index (χ3n) is 3.30. The van der Waals surface area contributed by atoms with Crippen LogP contribution in [0.25, 0.3) is 16.6 Å². The fourth-order valence-corrected chi connectivity index (χ4v) is 2.25. The van der Waals surface area contributed by atoms with E-state index in [1.54, 1.807) is 13.3 Å². The van der Waals surface area contributed by atoms with Crippen molar-refractivity contribution in [3.63, 3.8) is 0 Å². The molecule has 0 saturated heterocycles. The Balaban J connectivity index is 1.83. The van der Waals surface area contributed by atoms with Crippen LogP contribution in [0.2, 0.25) is 0 Å². The van der Waals surface area contributed by atoms with Gasteiger partial charge in [0.05, 0.1) is 17.4 Å². The van der Waals surface area contributed by atoms with Crippen molar-refractivity contribution in [2.24, 2.45) is 0 Å². The van der Waals surface area contributed by atoms with E-state index in [4.69, 9.17) is 4.74 Å². The molecule has 5 heteroatoms. The SMILES string of the molecule is COCCCNc1nccn1-c1cnc2ccccc2c1. The van der Waals surface area contributed by atoms with Crippen LogP contribution in [0.1, 0.15) is 6.42 Å². The molecule has 0 amide bonds. The van der Waals surface area contributed by atoms with Gasteiger partial charge in [-0.1, -0.05) is 18.2 Å². The van der Waals surface area contributed by atoms with Crippen molar-refractivity contribution in [2.45, 2.75) is 6.42 Å². The lowest BCUT2D eigenvalue weighted by Crippen LogP contribution is -2.09. The highest BCUT2D eigenvalue weighted by Gasteiger charge is 2.05. The molecule has 3 aromatic rings. The van der Waals surface area contributed by atoms with Gasteiger partial charge in [0.1, 0.15) is 0 Å². The summed E-state index contributed by atoms with van der Waals surface area (Å²) in [5, 5.41) is 4.44. The number of pyridine rings is 1. The first-order valence-corrected chi connectivity index (χ1v) is 7.00. The van der Waals surface area contributed by atoms with Crippen molar-refractivity contribution in [3.8, 4) is 5.69 Å². The molecule has 0 atom stereocenters. The molecule has 108 valence electrons. The Labute approximate surface area is 123 Å². The van der Waals surface area contributed by atoms with Gasteiger partial charge in [-0.2, -0.15) is 0 Å². The molecule has 0 bridgehead atoms. The minimum atomic E-state index is 0.741. The monoisotopic (exact) mass is 282 g/mol. The number of anilines is 1. The Morgan fingerprint density at radius 1 is 1.24 bits per heavy atom. The summed E-state index contributed by atoms with van der Waals surface area (Å²) in [6.45, 7) is 1.57. The molecule has 0 aliphatic rings. The minimum Gasteiger partial charge on any atom is -0.385 e. The minimum absolute atomic E-state index is 0.741. The van der Waals surface area contributed by atoms with E-state index in [1.807, 2.05) is 35.2 Å². The molecule has 0 aliphatic carbocycles. The lowest BCUT2D eigenvalue weighted by atomic mass is 10.2. The zero-order valence-corrected chi connectivity index (χ0v) is 12.0. The number of hydrogen-bond acceptors (Lipinski definition) is 4. The van der Waals surface area contributed by atoms with Gasteiger partial charge < -0.3 is 10.1 Å². The second-order valence-electron chi connectivity index (χ2n) is 4.78. The number of ether oxygens (including phenoxy) is 1. The van der Waals surface area contributed by atoms with E-state index in [9.17, 15) is 0 Å². The maximum Gasteiger partial charge on any atom is 0.207 e. The molecular formula is C16H18N4O. The summed E-state index contributed by atoms with van der Waals surface area (Å²) in [4.78, 5) is 8.85. The number of aromatic nitrogens is 3. The highest BCUT2D eigenvalue weighted by Crippen LogP contribution is 2.18. The number of methoxy groups -OCH3 is 1. The second kappa shape index (κ2) is 6.37. The molecule has 2 heterocycles. The smallest absolute Gasteiger partial charge is 0.207 e. The van der Waals surface area contributed by atoms with Gasteiger partial charge in [0, 0.05) is 38.0 Å². The van der Waals surface area contributed by atoms with E-state index in [2.05, 4.69) is 27.4 Å². The normalized spacial score (nSPS) is 10.9. The summed E-state index contributed by atoms with van der Waals surface area (Å²) in [5.41, 5.74) is 2.00. The quantitative estimate of drug-likeness (QED) is 0.706. The van der Waals surface area contributed by atoms with Gasteiger partial charge in [0.25, 0.3) is 0 Å². The van der Waals surface area contributed by atoms with E-state index in [1.165, 1.54) is 0 Å². The van der Waals surface area contributed by atoms with Crippen molar-refractivity contribution in [2.75, 3.05) is 25.6 Å². The Bertz CT molecular complexity index is 723. The van der Waals surface area contributed by atoms with Crippen LogP contribution in [0, 0.1) is 0 Å². The van der Waals surface area contributed by atoms with Crippen LogP contribution in [0.15, 0.2) is 48.9 Å². The van der Waals surface area contributed by atoms with E-state index >= 15 is 0 Å². The van der Waals surface area contributed by atoms with Gasteiger partial charge in [-0.15, -0.1) is 0 Å². The lowest BCUT2D eigenvalue weighted by molar-refractivity contribution is 0.197. The maximum absolute atomic E-state index is 5.05. The number of para-hydroxylation sites is 1. The van der Waals surface area contributed by atoms with Crippen LogP contribution in [0.3, 0.4) is 0 Å². The standard InChI is InChI=1S/C16H18N4O/c1-21-10-4-7-17-16-18-8-9-20(16)14-11-13-5-2-3-6-15(13)19-12-14/h2-3,5-6,8-9,11-12H,4,7,10H2,1H3,(H,17,18). The number of fused-ring (bicyclic) bond motifs is 1. The maximum atomic E-state index is 5.05. The molecule has 21 heavy (non-hydrogen) atoms. The fourth-order valence-electron chi connectivity index (χ4n) is 2.25. The molecule has 3 rings (SSSR count). The number of nitrogens with one attached hydrogen (secondary N) is 1. The molecule has 0 aliphatic heterocycles. The van der Waals surface area contributed by atoms with Gasteiger partial charge in [-0.3, -0.25) is 9.55 Å². The van der Waals surface area contributed by atoms with Gasteiger partial charge in [-0.25, -0.2) is 4.98 Å². The van der Waals surface area contributed by atoms with Crippen LogP contribution in [0.4, 0.5) is 5.95 Å². The van der Waals surface area contributed by atoms with Crippen molar-refractivity contribution in [1.29, 1.82) is 0 Å². The average molecular weight is 282 g/mol. The Morgan fingerprint density at radius 3 is 3.05 bits per heavy atom. The van der Waals surface area contributed by atoms with Gasteiger partial charge in [0.2, 0.25) is 5.95 Å². The van der Waals surface area contributed by atoms with Crippen molar-refractivity contribution >= 4 is 16.9 Å². The van der Waals surface area contributed by atoms with Gasteiger partial charge >= 0.3 is 0 Å². The molecule has 0 unspecified atom stereocenters. The Morgan fingerprint density at radius 2 is 2.14 bits per heavy atom. The summed E-state index contributed by atoms with van der Waals surface area (Å²) in [7, 11) is 1.71. The average Bonchev–Trinajstić information content (AvgIpc) is 2.99. The van der Waals surface area contributed by atoms with E-state index < -0.39 is 0 Å². The number of hydrogen-bond donors (Lipinski definition) is 1. The fraction of sp³-hybridized carbons (Fsp3) is 0.250. The van der Waals surface area contributed by atoms with Gasteiger partial charge in [0.15, 0.2) is 0 Å². The molecule has 0 saturated carbocycles. The molecule has 1 aromatic carbocycles. The second-order valence-corrected chi connectivity index (χ2v) is 4.78. The summed E-state index contributed by atoms with van der Waals surface area (Å²) < 4.78 is 7.05. The predicted octanol–water partition coefficient (Wildman–Crippen LogP) is 2.87. The first-order valence-electron chi connectivity index (χ1n) is 7.00. The summed E-state index contributed by atoms with van der Waals surface area (Å²) in [6.07, 6.45) is 6.53. The zero-order chi connectivity index (χ0) is 14.5. The third kappa shape index (κ3) is 3.03. The molecule has 0 radical (unpaired) electrons. The molecule has 2 aromatic heterocycles. The Hall–Kier alpha value is -2.40. The van der Waals surface area contributed by atoms with Crippen molar-refractivity contribution in [1.82, 2.24) is 14.5 Å². The largest absolute Gasteiger partial charge is 0.385 e. The molecule has 5 nitrogen and oxygen atoms in total. The molecule has 1 N–H and O–H groups in total. The summed E-state index contributed by atoms with van der Waals surface area (Å²) >= 11 is 0. The van der Waals surface area contributed by atoms with Gasteiger partial charge in [-0.05, 0) is 18.6 Å². The zero-order valence-electron chi connectivity index (χ0n) is 12.0. The third-order valence-corrected chi connectivity index (χ3v) is 3.30. The topological polar surface area (TPSA) is 52.0 Å². The van der Waals surface area contributed by atoms with Crippen molar-refractivity contribution < 1.29 is 4.74 Å². The molecule has 0 fully saturated rings. The van der Waals surface area contributed by atoms with Crippen LogP contribution in [0.5, 0.6) is 0 Å². The van der Waals surface area contributed by atoms with E-state index in [0.717, 1.165) is 42.1 Å². The van der Waals surface area contributed by atoms with Crippen LogP contribution < -0.4 is 5.32 Å². The summed E-state index contributed by atoms with van der Waals surface area (Å²) in [5.74, 6) is 0.822. The van der Waals surface area contributed by atoms with Crippen molar-refractivity contribution in [3.05, 3.63) is 48.9 Å². The predicted molar refractivity (Wildman–Crippen MR) is 83.8 cm³/mol. The highest BCUT2D eigenvalue weighted by atomic mass is 16.5. The molecule has 0 spiro atoms. The lowest BCUT2D eigenvalue weighted by Gasteiger charge is -2.10. The number of rotatable bonds is 6. The van der Waals surface area contributed by atoms with Crippen LogP contribution >= 0.6 is 0 Å². The highest BCUT2D eigenvalue weighted by molar-refractivity contribution is 5.80. The Kier molecular flexibility index (Phi) is 4.12. The van der Waals surface area contributed by atoms with E-state index in [-0.39, 0.29) is 0 Å². The molecular weight excluding hydrogens is 264 g/mol. The first kappa shape index (κ1) is 13.6. The van der Waals surface area contributed by atoms with Crippen LogP contribution in [-0.2, 0) is 4.74 Å². The van der Waals surface area contributed by atoms with Crippen LogP contribution in [-0.4, -0.2) is 34.8 Å². The van der Waals surface area contributed by atoms with E-state index in [0.29, 0.717) is 0 Å².